The molecule has 0 radical (unpaired) electrons. The Bertz CT molecular complexity index is 958. The first-order valence-electron chi connectivity index (χ1n) is 8.84. The van der Waals surface area contributed by atoms with E-state index in [1.165, 1.54) is 6.20 Å². The van der Waals surface area contributed by atoms with E-state index in [0.29, 0.717) is 22.5 Å². The van der Waals surface area contributed by atoms with Gasteiger partial charge in [0.05, 0.1) is 17.4 Å². The van der Waals surface area contributed by atoms with Gasteiger partial charge in [-0.25, -0.2) is 9.36 Å². The number of nitrogens with zero attached hydrogens (tertiary/aromatic N) is 5. The van der Waals surface area contributed by atoms with Crippen molar-refractivity contribution in [1.29, 1.82) is 0 Å². The predicted octanol–water partition coefficient (Wildman–Crippen LogP) is 2.37. The van der Waals surface area contributed by atoms with Crippen LogP contribution in [0.1, 0.15) is 34.9 Å². The molecule has 140 valence electrons. The average Bonchev–Trinajstić information content (AvgIpc) is 3.30. The third-order valence-electron chi connectivity index (χ3n) is 4.63. The smallest absolute Gasteiger partial charge is 0.261 e. The molecule has 1 saturated heterocycles. The standard InChI is InChI=1S/C18H20ClN7O/c1-25-18(22-16(24-25)12-5-7-20-8-6-12)23-17(27)13-10-21-26(11-13)15-4-2-3-14(19)9-15/h2-4,9-12,20H,5-8H2,1H3,(H,22,23,24,27). The Morgan fingerprint density at radius 2 is 2.15 bits per heavy atom. The normalized spacial score (nSPS) is 15.0. The van der Waals surface area contributed by atoms with Gasteiger partial charge in [0, 0.05) is 24.2 Å². The molecule has 2 aromatic heterocycles. The average molecular weight is 386 g/mol. The third kappa shape index (κ3) is 3.86. The fourth-order valence-electron chi connectivity index (χ4n) is 3.14. The Kier molecular flexibility index (Phi) is 4.91. The highest BCUT2D eigenvalue weighted by atomic mass is 35.5. The summed E-state index contributed by atoms with van der Waals surface area (Å²) >= 11 is 6.01. The van der Waals surface area contributed by atoms with Gasteiger partial charge in [-0.05, 0) is 44.1 Å². The predicted molar refractivity (Wildman–Crippen MR) is 102 cm³/mol. The number of carbonyl (C=O) groups excluding carboxylic acids is 1. The summed E-state index contributed by atoms with van der Waals surface area (Å²) in [6, 6.07) is 7.27. The minimum atomic E-state index is -0.282. The molecular weight excluding hydrogens is 366 g/mol. The highest BCUT2D eigenvalue weighted by Crippen LogP contribution is 2.23. The lowest BCUT2D eigenvalue weighted by atomic mass is 9.98. The van der Waals surface area contributed by atoms with Gasteiger partial charge in [-0.3, -0.25) is 10.1 Å². The van der Waals surface area contributed by atoms with E-state index in [0.717, 1.165) is 37.4 Å². The van der Waals surface area contributed by atoms with Crippen LogP contribution in [0.25, 0.3) is 5.69 Å². The van der Waals surface area contributed by atoms with Crippen LogP contribution < -0.4 is 10.6 Å². The first-order valence-corrected chi connectivity index (χ1v) is 9.21. The van der Waals surface area contributed by atoms with Gasteiger partial charge in [0.15, 0.2) is 5.82 Å². The number of amides is 1. The molecule has 1 amide bonds. The second-order valence-corrected chi connectivity index (χ2v) is 6.99. The molecule has 0 saturated carbocycles. The van der Waals surface area contributed by atoms with Crippen molar-refractivity contribution in [3.05, 3.63) is 53.1 Å². The molecule has 1 aliphatic heterocycles. The van der Waals surface area contributed by atoms with Crippen LogP contribution in [0.4, 0.5) is 5.95 Å². The van der Waals surface area contributed by atoms with Crippen LogP contribution in [0, 0.1) is 0 Å². The molecule has 1 aromatic carbocycles. The van der Waals surface area contributed by atoms with Crippen LogP contribution in [0.15, 0.2) is 36.7 Å². The van der Waals surface area contributed by atoms with Crippen LogP contribution in [0.5, 0.6) is 0 Å². The van der Waals surface area contributed by atoms with Crippen molar-refractivity contribution >= 4 is 23.5 Å². The number of aryl methyl sites for hydroxylation is 1. The summed E-state index contributed by atoms with van der Waals surface area (Å²) in [5.41, 5.74) is 1.22. The van der Waals surface area contributed by atoms with E-state index in [1.54, 1.807) is 34.7 Å². The summed E-state index contributed by atoms with van der Waals surface area (Å²) in [7, 11) is 1.78. The molecule has 0 aliphatic carbocycles. The molecule has 0 unspecified atom stereocenters. The number of anilines is 1. The molecule has 2 N–H and O–H groups in total. The fourth-order valence-corrected chi connectivity index (χ4v) is 3.32. The molecule has 0 bridgehead atoms. The Morgan fingerprint density at radius 3 is 2.93 bits per heavy atom. The van der Waals surface area contributed by atoms with Crippen LogP contribution in [0.2, 0.25) is 5.02 Å². The summed E-state index contributed by atoms with van der Waals surface area (Å²) in [6.07, 6.45) is 5.18. The van der Waals surface area contributed by atoms with E-state index in [9.17, 15) is 4.79 Å². The van der Waals surface area contributed by atoms with Crippen LogP contribution in [-0.2, 0) is 7.05 Å². The quantitative estimate of drug-likeness (QED) is 0.719. The minimum Gasteiger partial charge on any atom is -0.317 e. The zero-order chi connectivity index (χ0) is 18.8. The second kappa shape index (κ2) is 7.50. The van der Waals surface area contributed by atoms with Gasteiger partial charge in [-0.2, -0.15) is 15.2 Å². The van der Waals surface area contributed by atoms with Gasteiger partial charge < -0.3 is 5.32 Å². The van der Waals surface area contributed by atoms with E-state index in [2.05, 4.69) is 25.8 Å². The Hall–Kier alpha value is -2.71. The van der Waals surface area contributed by atoms with Crippen molar-refractivity contribution in [2.24, 2.45) is 7.05 Å². The largest absolute Gasteiger partial charge is 0.317 e. The van der Waals surface area contributed by atoms with Gasteiger partial charge in [0.25, 0.3) is 5.91 Å². The molecular formula is C18H20ClN7O. The summed E-state index contributed by atoms with van der Waals surface area (Å²) in [5.74, 6) is 1.26. The molecule has 1 fully saturated rings. The number of hydrogen-bond donors (Lipinski definition) is 2. The second-order valence-electron chi connectivity index (χ2n) is 6.55. The zero-order valence-corrected chi connectivity index (χ0v) is 15.6. The van der Waals surface area contributed by atoms with E-state index < -0.39 is 0 Å². The lowest BCUT2D eigenvalue weighted by molar-refractivity contribution is 0.102. The SMILES string of the molecule is Cn1nc(C2CCNCC2)nc1NC(=O)c1cnn(-c2cccc(Cl)c2)c1. The topological polar surface area (TPSA) is 89.7 Å². The van der Waals surface area contributed by atoms with E-state index in [-0.39, 0.29) is 5.91 Å². The Balaban J connectivity index is 1.49. The number of hydrogen-bond acceptors (Lipinski definition) is 5. The maximum absolute atomic E-state index is 12.6. The van der Waals surface area contributed by atoms with E-state index in [1.807, 2.05) is 12.1 Å². The van der Waals surface area contributed by atoms with Crippen molar-refractivity contribution in [3.63, 3.8) is 0 Å². The first-order chi connectivity index (χ1) is 13.1. The Morgan fingerprint density at radius 1 is 1.33 bits per heavy atom. The molecule has 1 aliphatic rings. The molecule has 0 atom stereocenters. The number of benzene rings is 1. The van der Waals surface area contributed by atoms with Gasteiger partial charge in [-0.15, -0.1) is 0 Å². The molecule has 3 aromatic rings. The van der Waals surface area contributed by atoms with E-state index in [4.69, 9.17) is 11.6 Å². The highest BCUT2D eigenvalue weighted by molar-refractivity contribution is 6.30. The number of aromatic nitrogens is 5. The molecule has 0 spiro atoms. The molecule has 3 heterocycles. The maximum Gasteiger partial charge on any atom is 0.261 e. The number of piperidine rings is 1. The zero-order valence-electron chi connectivity index (χ0n) is 14.9. The van der Waals surface area contributed by atoms with Crippen molar-refractivity contribution in [3.8, 4) is 5.69 Å². The lowest BCUT2D eigenvalue weighted by Gasteiger charge is -2.19. The summed E-state index contributed by atoms with van der Waals surface area (Å²) in [5, 5.41) is 15.5. The number of rotatable bonds is 4. The van der Waals surface area contributed by atoms with Crippen molar-refractivity contribution in [1.82, 2.24) is 29.9 Å². The molecule has 8 nitrogen and oxygen atoms in total. The van der Waals surface area contributed by atoms with Crippen LogP contribution in [-0.4, -0.2) is 43.5 Å². The van der Waals surface area contributed by atoms with E-state index >= 15 is 0 Å². The summed E-state index contributed by atoms with van der Waals surface area (Å²) in [6.45, 7) is 1.93. The fraction of sp³-hybridized carbons (Fsp3) is 0.333. The van der Waals surface area contributed by atoms with Crippen molar-refractivity contribution < 1.29 is 4.79 Å². The summed E-state index contributed by atoms with van der Waals surface area (Å²) in [4.78, 5) is 17.1. The van der Waals surface area contributed by atoms with Crippen molar-refractivity contribution in [2.45, 2.75) is 18.8 Å². The monoisotopic (exact) mass is 385 g/mol. The van der Waals surface area contributed by atoms with Gasteiger partial charge >= 0.3 is 0 Å². The number of halogens is 1. The summed E-state index contributed by atoms with van der Waals surface area (Å²) < 4.78 is 3.22. The van der Waals surface area contributed by atoms with Gasteiger partial charge in [-0.1, -0.05) is 17.7 Å². The minimum absolute atomic E-state index is 0.282. The third-order valence-corrected chi connectivity index (χ3v) is 4.86. The molecule has 9 heteroatoms. The lowest BCUT2D eigenvalue weighted by Crippen LogP contribution is -2.27. The molecule has 27 heavy (non-hydrogen) atoms. The van der Waals surface area contributed by atoms with Gasteiger partial charge in [0.2, 0.25) is 5.95 Å². The van der Waals surface area contributed by atoms with Crippen LogP contribution in [0.3, 0.4) is 0 Å². The van der Waals surface area contributed by atoms with Crippen LogP contribution >= 0.6 is 11.6 Å². The molecule has 4 rings (SSSR count). The Labute approximate surface area is 161 Å². The van der Waals surface area contributed by atoms with Crippen molar-refractivity contribution in [2.75, 3.05) is 18.4 Å². The maximum atomic E-state index is 12.6. The number of nitrogens with one attached hydrogen (secondary N) is 2. The van der Waals surface area contributed by atoms with Gasteiger partial charge in [0.1, 0.15) is 0 Å². The number of carbonyl (C=O) groups is 1. The highest BCUT2D eigenvalue weighted by Gasteiger charge is 2.21. The first kappa shape index (κ1) is 17.7.